The van der Waals surface area contributed by atoms with Gasteiger partial charge in [-0.15, -0.1) is 0 Å². The van der Waals surface area contributed by atoms with Crippen molar-refractivity contribution >= 4 is 0 Å². The summed E-state index contributed by atoms with van der Waals surface area (Å²) in [6, 6.07) is 0. The zero-order valence-electron chi connectivity index (χ0n) is 6.14. The predicted molar refractivity (Wildman–Crippen MR) is 26.9 cm³/mol. The fraction of sp³-hybridized carbons (Fsp3) is 0. The van der Waals surface area contributed by atoms with Crippen LogP contribution in [0.2, 0.25) is 0 Å². The molecule has 0 N–H and O–H groups in total. The van der Waals surface area contributed by atoms with Crippen LogP contribution in [0.15, 0.2) is 0 Å². The van der Waals surface area contributed by atoms with Crippen molar-refractivity contribution < 1.29 is 119 Å². The molecule has 0 aliphatic rings. The smallest absolute Gasteiger partial charge is 3.00 e. The van der Waals surface area contributed by atoms with Crippen LogP contribution in [-0.4, -0.2) is 0 Å². The van der Waals surface area contributed by atoms with Crippen molar-refractivity contribution in [2.75, 3.05) is 0 Å². The minimum Gasteiger partial charge on any atom is -3.00 e. The first-order valence-electron chi connectivity index (χ1n) is 0. The molecule has 14 heteroatoms. The fourth-order valence-electron chi connectivity index (χ4n) is 0. The zero-order chi connectivity index (χ0) is 0. The quantitative estimate of drug-likeness (QED) is 0.397. The molecule has 0 aromatic heterocycles. The van der Waals surface area contributed by atoms with Gasteiger partial charge in [-0.1, -0.05) is 0 Å². The number of hydrogen-bond acceptors (Lipinski definition) is 0. The van der Waals surface area contributed by atoms with Crippen molar-refractivity contribution in [3.8, 4) is 0 Å². The third kappa shape index (κ3) is 266. The van der Waals surface area contributed by atoms with Crippen LogP contribution in [0.25, 0.3) is 49.2 Å². The van der Waals surface area contributed by atoms with E-state index >= 15 is 0 Å². The third-order valence-electron chi connectivity index (χ3n) is 0. The van der Waals surface area contributed by atoms with E-state index in [9.17, 15) is 0 Å². The van der Waals surface area contributed by atoms with Gasteiger partial charge in [-0.25, -0.2) is 0 Å². The molecule has 8 nitrogen and oxygen atoms in total. The molecule has 0 heterocycles. The standard InChI is InChI=1S/3Cr.8N.3Nb/q3*+3;8*-3;3*+5. The normalized spacial score (nSPS) is 0. The Labute approximate surface area is 166 Å². The van der Waals surface area contributed by atoms with Gasteiger partial charge in [-0.3, -0.25) is 0 Å². The molecule has 0 rings (SSSR count). The van der Waals surface area contributed by atoms with Crippen molar-refractivity contribution in [1.82, 2.24) is 0 Å². The van der Waals surface area contributed by atoms with E-state index in [1.165, 1.54) is 0 Å². The van der Waals surface area contributed by atoms with Crippen LogP contribution in [0.1, 0.15) is 0 Å². The Balaban J connectivity index is 0. The molecule has 0 aromatic rings. The molecule has 0 saturated carbocycles. The molecule has 0 saturated heterocycles. The van der Waals surface area contributed by atoms with Crippen LogP contribution >= 0.6 is 0 Å². The summed E-state index contributed by atoms with van der Waals surface area (Å²) < 4.78 is 0. The Kier molecular flexibility index (Phi) is 9000. The van der Waals surface area contributed by atoms with Gasteiger partial charge in [0.15, 0.2) is 0 Å². The average Bonchev–Trinajstić information content (AvgIpc) is 0. The zero-order valence-corrected chi connectivity index (χ0v) is 16.6. The SMILES string of the molecule is [Cr+3].[Cr+3].[Cr+3].[N-3].[N-3].[N-3].[N-3].[N-3].[N-3].[N-3].[N-3].[Nb+5].[Nb+5].[Nb+5]. The minimum absolute atomic E-state index is 0. The van der Waals surface area contributed by atoms with Crippen LogP contribution in [-0.2, 0) is 119 Å². The first-order chi connectivity index (χ1) is 0. The Morgan fingerprint density at radius 3 is 0.214 bits per heavy atom. The van der Waals surface area contributed by atoms with Crippen LogP contribution in [0.4, 0.5) is 0 Å². The molecule has 0 aliphatic heterocycles. The van der Waals surface area contributed by atoms with E-state index < -0.39 is 0 Å². The number of rotatable bonds is 0. The molecule has 0 spiro atoms. The van der Waals surface area contributed by atoms with E-state index in [0.717, 1.165) is 0 Å². The topological polar surface area (TPSA) is 244 Å². The Hall–Kier alpha value is 3.50. The largest absolute Gasteiger partial charge is 5.00 e. The van der Waals surface area contributed by atoms with E-state index in [0.29, 0.717) is 0 Å². The summed E-state index contributed by atoms with van der Waals surface area (Å²) in [6.07, 6.45) is 0. The number of hydrogen-bond donors (Lipinski definition) is 0. The van der Waals surface area contributed by atoms with Crippen molar-refractivity contribution in [2.45, 2.75) is 0 Å². The van der Waals surface area contributed by atoms with Crippen LogP contribution in [0.3, 0.4) is 0 Å². The van der Waals surface area contributed by atoms with Crippen molar-refractivity contribution in [2.24, 2.45) is 0 Å². The van der Waals surface area contributed by atoms with E-state index in [4.69, 9.17) is 0 Å². The molecule has 3 radical (unpaired) electrons. The van der Waals surface area contributed by atoms with Gasteiger partial charge >= 0.3 is 119 Å². The Bertz CT molecular complexity index is 19.8. The molecular weight excluding hydrogens is 547 g/mol. The fourth-order valence-corrected chi connectivity index (χ4v) is 0. The summed E-state index contributed by atoms with van der Waals surface area (Å²) in [5.41, 5.74) is 0. The van der Waals surface area contributed by atoms with E-state index in [1.807, 2.05) is 0 Å². The summed E-state index contributed by atoms with van der Waals surface area (Å²) in [7, 11) is 0. The van der Waals surface area contributed by atoms with E-state index in [2.05, 4.69) is 0 Å². The van der Waals surface area contributed by atoms with Gasteiger partial charge in [-0.2, -0.15) is 0 Å². The molecule has 0 bridgehead atoms. The van der Waals surface area contributed by atoms with Gasteiger partial charge in [0.25, 0.3) is 0 Å². The second kappa shape index (κ2) is 324. The second-order valence-corrected chi connectivity index (χ2v) is 0. The molecule has 0 atom stereocenters. The number of nitrogens with zero attached hydrogens (tertiary/aromatic N) is 8. The summed E-state index contributed by atoms with van der Waals surface area (Å²) in [5, 5.41) is 0. The van der Waals surface area contributed by atoms with E-state index in [-0.39, 0.29) is 168 Å². The molecule has 0 aromatic carbocycles. The van der Waals surface area contributed by atoms with Gasteiger partial charge < -0.3 is 49.2 Å². The monoisotopic (exact) mass is 547 g/mol. The minimum atomic E-state index is 0. The van der Waals surface area contributed by atoms with Crippen LogP contribution in [0.5, 0.6) is 0 Å². The first kappa shape index (κ1) is 389. The average molecular weight is 547 g/mol. The summed E-state index contributed by atoms with van der Waals surface area (Å²) >= 11 is 0. The summed E-state index contributed by atoms with van der Waals surface area (Å²) in [6.45, 7) is 0. The molecule has 0 unspecified atom stereocenters. The Morgan fingerprint density at radius 1 is 0.214 bits per heavy atom. The predicted octanol–water partition coefficient (Wildman–Crippen LogP) is 2.29. The third-order valence-corrected chi connectivity index (χ3v) is 0. The second-order valence-electron chi connectivity index (χ2n) is 0. The molecule has 0 amide bonds. The van der Waals surface area contributed by atoms with Gasteiger partial charge in [0.05, 0.1) is 0 Å². The van der Waals surface area contributed by atoms with Gasteiger partial charge in [-0.05, 0) is 0 Å². The molecular formula is Cr3N8Nb3. The maximum absolute atomic E-state index is 0. The van der Waals surface area contributed by atoms with Gasteiger partial charge in [0, 0.05) is 0 Å². The van der Waals surface area contributed by atoms with Gasteiger partial charge in [0.1, 0.15) is 0 Å². The van der Waals surface area contributed by atoms with Crippen molar-refractivity contribution in [3.63, 3.8) is 0 Å². The van der Waals surface area contributed by atoms with Crippen molar-refractivity contribution in [3.05, 3.63) is 49.2 Å². The maximum Gasteiger partial charge on any atom is 5.00 e. The molecule has 14 heavy (non-hydrogen) atoms. The van der Waals surface area contributed by atoms with Crippen molar-refractivity contribution in [1.29, 1.82) is 0 Å². The molecule has 0 aliphatic carbocycles. The van der Waals surface area contributed by atoms with Gasteiger partial charge in [0.2, 0.25) is 0 Å². The summed E-state index contributed by atoms with van der Waals surface area (Å²) in [5.74, 6) is 0. The Morgan fingerprint density at radius 2 is 0.214 bits per heavy atom. The summed E-state index contributed by atoms with van der Waals surface area (Å²) in [4.78, 5) is 0. The molecule has 0 fully saturated rings. The van der Waals surface area contributed by atoms with Crippen LogP contribution < -0.4 is 0 Å². The van der Waals surface area contributed by atoms with Crippen LogP contribution in [0, 0.1) is 0 Å². The van der Waals surface area contributed by atoms with E-state index in [1.54, 1.807) is 0 Å². The maximum atomic E-state index is 0. The molecule has 73 valence electrons. The first-order valence-corrected chi connectivity index (χ1v) is 0.